The maximum Gasteiger partial charge on any atom is 0.296 e. The molecule has 2 aromatic rings. The Morgan fingerprint density at radius 3 is 2.58 bits per heavy atom. The van der Waals surface area contributed by atoms with Gasteiger partial charge in [-0.1, -0.05) is 30.3 Å². The third-order valence-corrected chi connectivity index (χ3v) is 2.68. The van der Waals surface area contributed by atoms with Crippen molar-refractivity contribution in [3.8, 4) is 5.75 Å². The van der Waals surface area contributed by atoms with E-state index in [2.05, 4.69) is 5.32 Å². The Hall–Kier alpha value is -2.56. The molecule has 2 rings (SSSR count). The minimum atomic E-state index is -0.429. The summed E-state index contributed by atoms with van der Waals surface area (Å²) in [6.45, 7) is 0.386. The van der Waals surface area contributed by atoms with Crippen molar-refractivity contribution in [2.45, 2.75) is 6.61 Å². The molecule has 0 aliphatic carbocycles. The fourth-order valence-corrected chi connectivity index (χ4v) is 1.70. The number of anilines is 1. The normalized spacial score (nSPS) is 9.95. The van der Waals surface area contributed by atoms with Crippen molar-refractivity contribution >= 4 is 11.4 Å². The summed E-state index contributed by atoms with van der Waals surface area (Å²) in [4.78, 5) is 10.5. The number of hydrogen-bond donors (Lipinski definition) is 1. The Morgan fingerprint density at radius 2 is 1.95 bits per heavy atom. The van der Waals surface area contributed by atoms with Crippen LogP contribution in [0.4, 0.5) is 11.4 Å². The second-order valence-corrected chi connectivity index (χ2v) is 3.96. The Morgan fingerprint density at radius 1 is 1.21 bits per heavy atom. The molecule has 19 heavy (non-hydrogen) atoms. The molecule has 0 atom stereocenters. The summed E-state index contributed by atoms with van der Waals surface area (Å²) in [5, 5.41) is 13.7. The van der Waals surface area contributed by atoms with Crippen molar-refractivity contribution in [1.29, 1.82) is 0 Å². The summed E-state index contributed by atoms with van der Waals surface area (Å²) in [5.74, 6) is 0.481. The second-order valence-electron chi connectivity index (χ2n) is 3.96. The average molecular weight is 258 g/mol. The summed E-state index contributed by atoms with van der Waals surface area (Å²) < 4.78 is 5.55. The first kappa shape index (κ1) is 12.9. The molecule has 98 valence electrons. The zero-order chi connectivity index (χ0) is 13.7. The van der Waals surface area contributed by atoms with Gasteiger partial charge in [-0.3, -0.25) is 10.1 Å². The van der Waals surface area contributed by atoms with Crippen LogP contribution >= 0.6 is 0 Å². The van der Waals surface area contributed by atoms with Crippen LogP contribution in [0.3, 0.4) is 0 Å². The summed E-state index contributed by atoms with van der Waals surface area (Å²) in [5.41, 5.74) is 1.49. The average Bonchev–Trinajstić information content (AvgIpc) is 2.46. The van der Waals surface area contributed by atoms with Crippen LogP contribution in [0.1, 0.15) is 5.56 Å². The SMILES string of the molecule is CNc1ccc(OCc2ccccc2)cc1[N+](=O)[O-]. The lowest BCUT2D eigenvalue weighted by molar-refractivity contribution is -0.384. The van der Waals surface area contributed by atoms with Gasteiger partial charge >= 0.3 is 0 Å². The molecule has 0 saturated carbocycles. The van der Waals surface area contributed by atoms with E-state index in [1.165, 1.54) is 6.07 Å². The minimum Gasteiger partial charge on any atom is -0.489 e. The van der Waals surface area contributed by atoms with Crippen molar-refractivity contribution < 1.29 is 9.66 Å². The van der Waals surface area contributed by atoms with Gasteiger partial charge in [0, 0.05) is 7.05 Å². The fraction of sp³-hybridized carbons (Fsp3) is 0.143. The molecule has 0 unspecified atom stereocenters. The summed E-state index contributed by atoms with van der Waals surface area (Å²) in [6, 6.07) is 14.4. The highest BCUT2D eigenvalue weighted by molar-refractivity contribution is 5.63. The smallest absolute Gasteiger partial charge is 0.296 e. The molecule has 0 aliphatic rings. The maximum atomic E-state index is 10.9. The van der Waals surface area contributed by atoms with Gasteiger partial charge in [0.25, 0.3) is 5.69 Å². The number of nitro benzene ring substituents is 1. The molecule has 0 aliphatic heterocycles. The van der Waals surface area contributed by atoms with Gasteiger partial charge in [0.2, 0.25) is 0 Å². The van der Waals surface area contributed by atoms with Gasteiger partial charge < -0.3 is 10.1 Å². The molecule has 0 spiro atoms. The highest BCUT2D eigenvalue weighted by Crippen LogP contribution is 2.28. The van der Waals surface area contributed by atoms with Gasteiger partial charge in [-0.05, 0) is 17.7 Å². The van der Waals surface area contributed by atoms with Gasteiger partial charge in [0.05, 0.1) is 11.0 Å². The van der Waals surface area contributed by atoms with Crippen LogP contribution in [0, 0.1) is 10.1 Å². The molecule has 0 fully saturated rings. The third-order valence-electron chi connectivity index (χ3n) is 2.68. The first-order chi connectivity index (χ1) is 9.20. The zero-order valence-electron chi connectivity index (χ0n) is 10.5. The summed E-state index contributed by atoms with van der Waals surface area (Å²) >= 11 is 0. The first-order valence-electron chi connectivity index (χ1n) is 5.83. The number of rotatable bonds is 5. The Labute approximate surface area is 111 Å². The summed E-state index contributed by atoms with van der Waals surface area (Å²) in [7, 11) is 1.65. The van der Waals surface area contributed by atoms with Crippen molar-refractivity contribution in [1.82, 2.24) is 0 Å². The van der Waals surface area contributed by atoms with E-state index in [4.69, 9.17) is 4.74 Å². The highest BCUT2D eigenvalue weighted by Gasteiger charge is 2.13. The van der Waals surface area contributed by atoms with Crippen LogP contribution in [-0.2, 0) is 6.61 Å². The molecule has 1 N–H and O–H groups in total. The molecular formula is C14H14N2O3. The number of hydrogen-bond acceptors (Lipinski definition) is 4. The quantitative estimate of drug-likeness (QED) is 0.660. The Bertz CT molecular complexity index is 570. The van der Waals surface area contributed by atoms with Gasteiger partial charge in [-0.2, -0.15) is 0 Å². The molecule has 0 amide bonds. The maximum absolute atomic E-state index is 10.9. The van der Waals surface area contributed by atoms with E-state index in [-0.39, 0.29) is 5.69 Å². The molecule has 0 radical (unpaired) electrons. The van der Waals surface area contributed by atoms with E-state index in [9.17, 15) is 10.1 Å². The number of ether oxygens (including phenoxy) is 1. The van der Waals surface area contributed by atoms with Gasteiger partial charge in [-0.25, -0.2) is 0 Å². The van der Waals surface area contributed by atoms with Crippen molar-refractivity contribution in [2.24, 2.45) is 0 Å². The van der Waals surface area contributed by atoms with E-state index in [1.807, 2.05) is 30.3 Å². The predicted molar refractivity (Wildman–Crippen MR) is 73.4 cm³/mol. The van der Waals surface area contributed by atoms with E-state index in [0.29, 0.717) is 18.0 Å². The largest absolute Gasteiger partial charge is 0.489 e. The lowest BCUT2D eigenvalue weighted by atomic mass is 10.2. The van der Waals surface area contributed by atoms with E-state index < -0.39 is 4.92 Å². The van der Waals surface area contributed by atoms with Crippen LogP contribution in [0.5, 0.6) is 5.75 Å². The van der Waals surface area contributed by atoms with Crippen molar-refractivity contribution in [3.05, 3.63) is 64.2 Å². The molecular weight excluding hydrogens is 244 g/mol. The second kappa shape index (κ2) is 5.86. The number of benzene rings is 2. The van der Waals surface area contributed by atoms with Crippen LogP contribution in [0.15, 0.2) is 48.5 Å². The number of nitro groups is 1. The topological polar surface area (TPSA) is 64.4 Å². The van der Waals surface area contributed by atoms with Crippen LogP contribution in [0.2, 0.25) is 0 Å². The highest BCUT2D eigenvalue weighted by atomic mass is 16.6. The van der Waals surface area contributed by atoms with E-state index in [1.54, 1.807) is 19.2 Å². The molecule has 2 aromatic carbocycles. The van der Waals surface area contributed by atoms with Gasteiger partial charge in [0.15, 0.2) is 0 Å². The van der Waals surface area contributed by atoms with Crippen LogP contribution in [0.25, 0.3) is 0 Å². The Kier molecular flexibility index (Phi) is 3.97. The van der Waals surface area contributed by atoms with Crippen LogP contribution < -0.4 is 10.1 Å². The van der Waals surface area contributed by atoms with Crippen molar-refractivity contribution in [2.75, 3.05) is 12.4 Å². The lowest BCUT2D eigenvalue weighted by Gasteiger charge is -2.08. The van der Waals surface area contributed by atoms with Gasteiger partial charge in [-0.15, -0.1) is 0 Å². The molecule has 0 saturated heterocycles. The number of nitrogens with zero attached hydrogens (tertiary/aromatic N) is 1. The number of nitrogens with one attached hydrogen (secondary N) is 1. The van der Waals surface area contributed by atoms with Crippen LogP contribution in [-0.4, -0.2) is 12.0 Å². The first-order valence-corrected chi connectivity index (χ1v) is 5.83. The standard InChI is InChI=1S/C14H14N2O3/c1-15-13-8-7-12(9-14(13)16(17)18)19-10-11-5-3-2-4-6-11/h2-9,15H,10H2,1H3. The van der Waals surface area contributed by atoms with E-state index >= 15 is 0 Å². The molecule has 0 heterocycles. The third kappa shape index (κ3) is 3.22. The molecule has 0 bridgehead atoms. The lowest BCUT2D eigenvalue weighted by Crippen LogP contribution is -1.99. The Balaban J connectivity index is 2.13. The van der Waals surface area contributed by atoms with E-state index in [0.717, 1.165) is 5.56 Å². The fourth-order valence-electron chi connectivity index (χ4n) is 1.70. The zero-order valence-corrected chi connectivity index (χ0v) is 10.5. The monoisotopic (exact) mass is 258 g/mol. The molecule has 5 heteroatoms. The van der Waals surface area contributed by atoms with Crippen molar-refractivity contribution in [3.63, 3.8) is 0 Å². The molecule has 0 aromatic heterocycles. The van der Waals surface area contributed by atoms with Gasteiger partial charge in [0.1, 0.15) is 18.0 Å². The molecule has 5 nitrogen and oxygen atoms in total. The summed E-state index contributed by atoms with van der Waals surface area (Å²) in [6.07, 6.45) is 0. The minimum absolute atomic E-state index is 0.00746. The predicted octanol–water partition coefficient (Wildman–Crippen LogP) is 3.22.